The monoisotopic (exact) mass is 495 g/mol. The summed E-state index contributed by atoms with van der Waals surface area (Å²) < 4.78 is 53.3. The van der Waals surface area contributed by atoms with Gasteiger partial charge in [0.05, 0.1) is 28.7 Å². The first-order chi connectivity index (χ1) is 15.5. The first-order valence-corrected chi connectivity index (χ1v) is 12.7. The molecule has 3 rings (SSSR count). The molecule has 33 heavy (non-hydrogen) atoms. The Morgan fingerprint density at radius 2 is 1.88 bits per heavy atom. The Hall–Kier alpha value is -2.89. The molecular formula is C22H23F2N3O4S2. The van der Waals surface area contributed by atoms with Crippen molar-refractivity contribution in [2.24, 2.45) is 5.73 Å². The number of nitrogens with two attached hydrogens (primary N) is 1. The fraction of sp³-hybridized carbons (Fsp3) is 0.273. The summed E-state index contributed by atoms with van der Waals surface area (Å²) in [6.45, 7) is 3.23. The lowest BCUT2D eigenvalue weighted by atomic mass is 10.0. The highest BCUT2D eigenvalue weighted by atomic mass is 32.2. The molecular weight excluding hydrogens is 472 g/mol. The van der Waals surface area contributed by atoms with Gasteiger partial charge in [0.1, 0.15) is 22.5 Å². The highest BCUT2D eigenvalue weighted by Crippen LogP contribution is 2.40. The summed E-state index contributed by atoms with van der Waals surface area (Å²) in [5.74, 6) is -2.61. The Morgan fingerprint density at radius 1 is 1.21 bits per heavy atom. The highest BCUT2D eigenvalue weighted by Gasteiger charge is 2.22. The summed E-state index contributed by atoms with van der Waals surface area (Å²) in [5.41, 5.74) is 5.53. The molecule has 0 bridgehead atoms. The molecule has 176 valence electrons. The van der Waals surface area contributed by atoms with Gasteiger partial charge in [-0.3, -0.25) is 4.79 Å². The number of nitrogens with one attached hydrogen (secondary N) is 1. The number of aliphatic hydroxyl groups excluding tert-OH is 1. The molecule has 0 spiro atoms. The predicted molar refractivity (Wildman–Crippen MR) is 124 cm³/mol. The Morgan fingerprint density at radius 3 is 2.45 bits per heavy atom. The average Bonchev–Trinajstić information content (AvgIpc) is 3.16. The molecule has 2 aromatic heterocycles. The third-order valence-corrected chi connectivity index (χ3v) is 7.62. The zero-order chi connectivity index (χ0) is 24.3. The first kappa shape index (κ1) is 24.7. The number of hydrogen-bond donors (Lipinski definition) is 3. The first-order valence-electron chi connectivity index (χ1n) is 10.1. The molecule has 0 saturated heterocycles. The third kappa shape index (κ3) is 5.73. The van der Waals surface area contributed by atoms with E-state index >= 15 is 0 Å². The number of carbonyl (C=O) groups is 1. The standard InChI is InChI=1S/C22H23F2N3O4S2/c1-3-17(28)12-8-15(23)20(16(24)9-12)18-10-14(21(25)29)22(32-18)27-19-7-5-6-13(26-19)11-33(30,31)4-2/h5-10,17,28H,3-4,11H2,1-2H3,(H2,25,29)(H,26,27). The lowest BCUT2D eigenvalue weighted by molar-refractivity contribution is 0.100. The quantitative estimate of drug-likeness (QED) is 0.407. The van der Waals surface area contributed by atoms with Crippen LogP contribution in [0.1, 0.15) is 48.0 Å². The Balaban J connectivity index is 1.99. The summed E-state index contributed by atoms with van der Waals surface area (Å²) in [5, 5.41) is 13.0. The molecule has 1 aromatic carbocycles. The van der Waals surface area contributed by atoms with Gasteiger partial charge in [-0.05, 0) is 42.3 Å². The van der Waals surface area contributed by atoms with Crippen LogP contribution in [0.15, 0.2) is 36.4 Å². The number of carbonyl (C=O) groups excluding carboxylic acids is 1. The second-order valence-corrected chi connectivity index (χ2v) is 10.7. The normalized spacial score (nSPS) is 12.5. The second-order valence-electron chi connectivity index (χ2n) is 7.32. The SMILES string of the molecule is CCC(O)c1cc(F)c(-c2cc(C(N)=O)c(Nc3cccc(CS(=O)(=O)CC)n3)s2)c(F)c1. The minimum Gasteiger partial charge on any atom is -0.388 e. The van der Waals surface area contributed by atoms with E-state index in [1.807, 2.05) is 0 Å². The summed E-state index contributed by atoms with van der Waals surface area (Å²) in [6, 6.07) is 8.12. The van der Waals surface area contributed by atoms with Crippen molar-refractivity contribution in [1.82, 2.24) is 4.98 Å². The molecule has 0 aliphatic heterocycles. The van der Waals surface area contributed by atoms with Crippen molar-refractivity contribution in [1.29, 1.82) is 0 Å². The fourth-order valence-electron chi connectivity index (χ4n) is 3.12. The van der Waals surface area contributed by atoms with Crippen LogP contribution >= 0.6 is 11.3 Å². The van der Waals surface area contributed by atoms with E-state index in [-0.39, 0.29) is 43.9 Å². The van der Waals surface area contributed by atoms with E-state index in [0.29, 0.717) is 12.1 Å². The number of rotatable bonds is 9. The summed E-state index contributed by atoms with van der Waals surface area (Å²) in [7, 11) is -3.30. The molecule has 0 radical (unpaired) electrons. The van der Waals surface area contributed by atoms with Crippen LogP contribution in [0.2, 0.25) is 0 Å². The van der Waals surface area contributed by atoms with Crippen LogP contribution in [-0.2, 0) is 15.6 Å². The van der Waals surface area contributed by atoms with Gasteiger partial charge in [0.2, 0.25) is 0 Å². The van der Waals surface area contributed by atoms with Crippen LogP contribution < -0.4 is 11.1 Å². The molecule has 11 heteroatoms. The molecule has 4 N–H and O–H groups in total. The van der Waals surface area contributed by atoms with E-state index in [1.54, 1.807) is 25.1 Å². The lowest BCUT2D eigenvalue weighted by Gasteiger charge is -2.11. The van der Waals surface area contributed by atoms with Gasteiger partial charge < -0.3 is 16.2 Å². The molecule has 1 unspecified atom stereocenters. The minimum absolute atomic E-state index is 0.000137. The van der Waals surface area contributed by atoms with Gasteiger partial charge in [-0.1, -0.05) is 19.9 Å². The number of aromatic nitrogens is 1. The number of primary amides is 1. The molecule has 1 amide bonds. The van der Waals surface area contributed by atoms with Gasteiger partial charge in [-0.2, -0.15) is 0 Å². The van der Waals surface area contributed by atoms with Crippen molar-refractivity contribution < 1.29 is 27.1 Å². The zero-order valence-corrected chi connectivity index (χ0v) is 19.6. The second kappa shape index (κ2) is 9.94. The molecule has 2 heterocycles. The van der Waals surface area contributed by atoms with Gasteiger partial charge in [-0.25, -0.2) is 22.2 Å². The predicted octanol–water partition coefficient (Wildman–Crippen LogP) is 4.31. The van der Waals surface area contributed by atoms with Gasteiger partial charge in [0, 0.05) is 10.6 Å². The number of nitrogens with zero attached hydrogens (tertiary/aromatic N) is 1. The maximum absolute atomic E-state index is 14.8. The maximum Gasteiger partial charge on any atom is 0.251 e. The van der Waals surface area contributed by atoms with Crippen LogP contribution in [0, 0.1) is 11.6 Å². The molecule has 7 nitrogen and oxygen atoms in total. The molecule has 1 atom stereocenters. The van der Waals surface area contributed by atoms with E-state index in [4.69, 9.17) is 5.73 Å². The van der Waals surface area contributed by atoms with E-state index in [9.17, 15) is 27.1 Å². The van der Waals surface area contributed by atoms with Crippen LogP contribution in [0.3, 0.4) is 0 Å². The number of aliphatic hydroxyl groups is 1. The fourth-order valence-corrected chi connectivity index (χ4v) is 5.05. The van der Waals surface area contributed by atoms with Crippen molar-refractivity contribution in [2.75, 3.05) is 11.1 Å². The van der Waals surface area contributed by atoms with Crippen molar-refractivity contribution in [2.45, 2.75) is 32.1 Å². The number of thiophene rings is 1. The van der Waals surface area contributed by atoms with Gasteiger partial charge in [0.15, 0.2) is 9.84 Å². The number of benzene rings is 1. The van der Waals surface area contributed by atoms with E-state index < -0.39 is 33.5 Å². The number of amides is 1. The molecule has 0 saturated carbocycles. The van der Waals surface area contributed by atoms with Crippen molar-refractivity contribution in [3.05, 3.63) is 64.9 Å². The van der Waals surface area contributed by atoms with Crippen molar-refractivity contribution in [3.63, 3.8) is 0 Å². The number of hydrogen-bond acceptors (Lipinski definition) is 7. The largest absolute Gasteiger partial charge is 0.388 e. The van der Waals surface area contributed by atoms with Crippen molar-refractivity contribution in [3.8, 4) is 10.4 Å². The molecule has 0 aliphatic carbocycles. The van der Waals surface area contributed by atoms with E-state index in [1.165, 1.54) is 13.0 Å². The summed E-state index contributed by atoms with van der Waals surface area (Å²) in [6.07, 6.45) is -0.706. The Kier molecular flexibility index (Phi) is 7.45. The van der Waals surface area contributed by atoms with E-state index in [2.05, 4.69) is 10.3 Å². The highest BCUT2D eigenvalue weighted by molar-refractivity contribution is 7.90. The molecule has 0 fully saturated rings. The number of sulfone groups is 1. The lowest BCUT2D eigenvalue weighted by Crippen LogP contribution is -2.12. The Labute approximate surface area is 194 Å². The minimum atomic E-state index is -3.30. The Bertz CT molecular complexity index is 1270. The van der Waals surface area contributed by atoms with Crippen LogP contribution in [0.4, 0.5) is 19.6 Å². The molecule has 0 aliphatic rings. The number of anilines is 2. The zero-order valence-electron chi connectivity index (χ0n) is 17.9. The third-order valence-electron chi connectivity index (χ3n) is 4.94. The van der Waals surface area contributed by atoms with Gasteiger partial charge in [-0.15, -0.1) is 11.3 Å². The van der Waals surface area contributed by atoms with Crippen LogP contribution in [0.5, 0.6) is 0 Å². The smallest absolute Gasteiger partial charge is 0.251 e. The topological polar surface area (TPSA) is 122 Å². The molecule has 3 aromatic rings. The van der Waals surface area contributed by atoms with Crippen LogP contribution in [-0.4, -0.2) is 30.2 Å². The number of halogens is 2. The van der Waals surface area contributed by atoms with Gasteiger partial charge >= 0.3 is 0 Å². The number of pyridine rings is 1. The summed E-state index contributed by atoms with van der Waals surface area (Å²) >= 11 is 0.895. The maximum atomic E-state index is 14.8. The average molecular weight is 496 g/mol. The van der Waals surface area contributed by atoms with Crippen molar-refractivity contribution >= 4 is 37.9 Å². The van der Waals surface area contributed by atoms with Gasteiger partial charge in [0.25, 0.3) is 5.91 Å². The van der Waals surface area contributed by atoms with E-state index in [0.717, 1.165) is 23.5 Å². The van der Waals surface area contributed by atoms with Crippen LogP contribution in [0.25, 0.3) is 10.4 Å². The summed E-state index contributed by atoms with van der Waals surface area (Å²) in [4.78, 5) is 16.3.